The lowest BCUT2D eigenvalue weighted by atomic mass is 10.2. The molecule has 0 aliphatic rings. The van der Waals surface area contributed by atoms with Crippen LogP contribution in [0, 0.1) is 0 Å². The summed E-state index contributed by atoms with van der Waals surface area (Å²) in [5.41, 5.74) is 2.88. The molecular formula is C25H23ClN2O3. The molecule has 0 saturated carbocycles. The summed E-state index contributed by atoms with van der Waals surface area (Å²) in [4.78, 5) is 4.37. The van der Waals surface area contributed by atoms with Gasteiger partial charge in [0.25, 0.3) is 0 Å². The Morgan fingerprint density at radius 2 is 1.74 bits per heavy atom. The Kier molecular flexibility index (Phi) is 6.43. The van der Waals surface area contributed by atoms with Crippen LogP contribution in [-0.2, 0) is 6.54 Å². The van der Waals surface area contributed by atoms with Crippen LogP contribution in [0.5, 0.6) is 23.0 Å². The number of methoxy groups -OCH3 is 1. The van der Waals surface area contributed by atoms with Gasteiger partial charge in [-0.15, -0.1) is 0 Å². The number of hydrogen-bond donors (Lipinski definition) is 1. The number of pyridine rings is 1. The molecule has 0 unspecified atom stereocenters. The van der Waals surface area contributed by atoms with Crippen LogP contribution in [-0.4, -0.2) is 18.7 Å². The highest BCUT2D eigenvalue weighted by Crippen LogP contribution is 2.36. The van der Waals surface area contributed by atoms with Gasteiger partial charge >= 0.3 is 0 Å². The van der Waals surface area contributed by atoms with Gasteiger partial charge in [0.2, 0.25) is 0 Å². The van der Waals surface area contributed by atoms with Crippen molar-refractivity contribution in [1.29, 1.82) is 0 Å². The van der Waals surface area contributed by atoms with E-state index in [1.807, 2.05) is 73.7 Å². The third kappa shape index (κ3) is 5.01. The number of anilines is 1. The Labute approximate surface area is 186 Å². The van der Waals surface area contributed by atoms with Gasteiger partial charge in [-0.1, -0.05) is 17.7 Å². The van der Waals surface area contributed by atoms with Crippen molar-refractivity contribution in [3.8, 4) is 23.0 Å². The predicted molar refractivity (Wildman–Crippen MR) is 125 cm³/mol. The summed E-state index contributed by atoms with van der Waals surface area (Å²) in [6, 6.07) is 21.2. The third-order valence-corrected chi connectivity index (χ3v) is 5.01. The van der Waals surface area contributed by atoms with E-state index in [9.17, 15) is 0 Å². The van der Waals surface area contributed by atoms with Crippen LogP contribution in [0.4, 0.5) is 5.69 Å². The summed E-state index contributed by atoms with van der Waals surface area (Å²) >= 11 is 6.09. The zero-order valence-corrected chi connectivity index (χ0v) is 18.1. The summed E-state index contributed by atoms with van der Waals surface area (Å²) < 4.78 is 17.3. The van der Waals surface area contributed by atoms with Crippen LogP contribution in [0.25, 0.3) is 10.9 Å². The van der Waals surface area contributed by atoms with E-state index in [2.05, 4.69) is 10.3 Å². The number of rotatable bonds is 8. The first kappa shape index (κ1) is 20.8. The zero-order chi connectivity index (χ0) is 21.6. The van der Waals surface area contributed by atoms with Gasteiger partial charge in [-0.3, -0.25) is 4.98 Å². The molecule has 1 N–H and O–H groups in total. The second-order valence-electron chi connectivity index (χ2n) is 6.87. The highest BCUT2D eigenvalue weighted by molar-refractivity contribution is 6.31. The van der Waals surface area contributed by atoms with Gasteiger partial charge in [0.1, 0.15) is 11.5 Å². The van der Waals surface area contributed by atoms with Crippen molar-refractivity contribution in [3.63, 3.8) is 0 Å². The Bertz CT molecular complexity index is 1180. The Morgan fingerprint density at radius 1 is 0.903 bits per heavy atom. The van der Waals surface area contributed by atoms with Crippen molar-refractivity contribution in [2.75, 3.05) is 19.0 Å². The highest BCUT2D eigenvalue weighted by Gasteiger charge is 2.11. The average Bonchev–Trinajstić information content (AvgIpc) is 2.79. The molecule has 0 spiro atoms. The largest absolute Gasteiger partial charge is 0.497 e. The zero-order valence-electron chi connectivity index (χ0n) is 17.4. The summed E-state index contributed by atoms with van der Waals surface area (Å²) in [5.74, 6) is 2.87. The predicted octanol–water partition coefficient (Wildman–Crippen LogP) is 6.70. The molecular weight excluding hydrogens is 412 g/mol. The topological polar surface area (TPSA) is 52.6 Å². The van der Waals surface area contributed by atoms with Crippen LogP contribution >= 0.6 is 11.6 Å². The molecule has 0 saturated heterocycles. The van der Waals surface area contributed by atoms with Crippen LogP contribution in [0.1, 0.15) is 12.5 Å². The summed E-state index contributed by atoms with van der Waals surface area (Å²) in [6.07, 6.45) is 1.71. The lowest BCUT2D eigenvalue weighted by Crippen LogP contribution is -2.01. The first-order valence-electron chi connectivity index (χ1n) is 10.0. The monoisotopic (exact) mass is 434 g/mol. The molecule has 4 rings (SSSR count). The molecule has 0 aliphatic carbocycles. The fraction of sp³-hybridized carbons (Fsp3) is 0.160. The summed E-state index contributed by atoms with van der Waals surface area (Å²) in [6.45, 7) is 3.15. The fourth-order valence-corrected chi connectivity index (χ4v) is 3.40. The Balaban J connectivity index is 1.54. The van der Waals surface area contributed by atoms with Crippen molar-refractivity contribution in [1.82, 2.24) is 4.98 Å². The smallest absolute Gasteiger partial charge is 0.169 e. The van der Waals surface area contributed by atoms with Gasteiger partial charge in [0, 0.05) is 28.8 Å². The Morgan fingerprint density at radius 3 is 2.52 bits per heavy atom. The highest BCUT2D eigenvalue weighted by atomic mass is 35.5. The average molecular weight is 435 g/mol. The van der Waals surface area contributed by atoms with Crippen molar-refractivity contribution in [2.45, 2.75) is 13.5 Å². The minimum Gasteiger partial charge on any atom is -0.497 e. The van der Waals surface area contributed by atoms with Crippen LogP contribution < -0.4 is 19.5 Å². The lowest BCUT2D eigenvalue weighted by molar-refractivity contribution is 0.321. The van der Waals surface area contributed by atoms with Gasteiger partial charge in [-0.2, -0.15) is 0 Å². The number of benzene rings is 3. The van der Waals surface area contributed by atoms with E-state index >= 15 is 0 Å². The van der Waals surface area contributed by atoms with Crippen LogP contribution in [0.2, 0.25) is 5.02 Å². The van der Waals surface area contributed by atoms with Crippen molar-refractivity contribution >= 4 is 28.2 Å². The fourth-order valence-electron chi connectivity index (χ4n) is 3.23. The molecule has 31 heavy (non-hydrogen) atoms. The maximum atomic E-state index is 6.22. The molecule has 3 aromatic carbocycles. The molecule has 6 heteroatoms. The van der Waals surface area contributed by atoms with Crippen molar-refractivity contribution in [3.05, 3.63) is 83.5 Å². The van der Waals surface area contributed by atoms with E-state index in [1.54, 1.807) is 13.3 Å². The quantitative estimate of drug-likeness (QED) is 0.334. The minimum absolute atomic E-state index is 0.540. The maximum Gasteiger partial charge on any atom is 0.169 e. The van der Waals surface area contributed by atoms with Gasteiger partial charge < -0.3 is 19.5 Å². The molecule has 1 heterocycles. The summed E-state index contributed by atoms with van der Waals surface area (Å²) in [5, 5.41) is 4.94. The van der Waals surface area contributed by atoms with Gasteiger partial charge in [-0.05, 0) is 73.2 Å². The minimum atomic E-state index is 0.540. The second-order valence-corrected chi connectivity index (χ2v) is 7.31. The molecule has 0 radical (unpaired) electrons. The van der Waals surface area contributed by atoms with E-state index in [0.29, 0.717) is 35.4 Å². The van der Waals surface area contributed by atoms with Gasteiger partial charge in [-0.25, -0.2) is 0 Å². The molecule has 158 valence electrons. The Hall–Kier alpha value is -3.44. The number of halogens is 1. The molecule has 4 aromatic rings. The first-order valence-corrected chi connectivity index (χ1v) is 10.4. The van der Waals surface area contributed by atoms with Crippen LogP contribution in [0.3, 0.4) is 0 Å². The number of nitrogens with zero attached hydrogens (tertiary/aromatic N) is 1. The van der Waals surface area contributed by atoms with E-state index in [-0.39, 0.29) is 0 Å². The molecule has 0 atom stereocenters. The van der Waals surface area contributed by atoms with Gasteiger partial charge in [0.15, 0.2) is 11.5 Å². The molecule has 0 bridgehead atoms. The number of fused-ring (bicyclic) bond motifs is 1. The lowest BCUT2D eigenvalue weighted by Gasteiger charge is -2.15. The molecule has 5 nitrogen and oxygen atoms in total. The molecule has 0 amide bonds. The van der Waals surface area contributed by atoms with E-state index in [4.69, 9.17) is 25.8 Å². The number of nitrogens with one attached hydrogen (secondary N) is 1. The number of aromatic nitrogens is 1. The normalized spacial score (nSPS) is 10.7. The van der Waals surface area contributed by atoms with Crippen molar-refractivity contribution < 1.29 is 14.2 Å². The van der Waals surface area contributed by atoms with E-state index in [1.165, 1.54) is 0 Å². The first-order chi connectivity index (χ1) is 15.2. The SMILES string of the molecule is CCOc1cc(CNc2ccc(OC)cc2)ccc1Oc1ccnc2cc(Cl)ccc12. The van der Waals surface area contributed by atoms with Crippen molar-refractivity contribution in [2.24, 2.45) is 0 Å². The second kappa shape index (κ2) is 9.58. The van der Waals surface area contributed by atoms with Crippen LogP contribution in [0.15, 0.2) is 72.9 Å². The maximum absolute atomic E-state index is 6.22. The molecule has 0 fully saturated rings. The van der Waals surface area contributed by atoms with E-state index in [0.717, 1.165) is 27.9 Å². The molecule has 1 aromatic heterocycles. The standard InChI is InChI=1S/C25H23ClN2O3/c1-3-30-25-14-17(16-28-19-6-8-20(29-2)9-7-19)4-11-24(25)31-23-12-13-27-22-15-18(26)5-10-21(22)23/h4-15,28H,3,16H2,1-2H3. The third-order valence-electron chi connectivity index (χ3n) is 4.78. The van der Waals surface area contributed by atoms with E-state index < -0.39 is 0 Å². The van der Waals surface area contributed by atoms with Gasteiger partial charge in [0.05, 0.1) is 19.2 Å². The number of ether oxygens (including phenoxy) is 3. The molecule has 0 aliphatic heterocycles. The summed E-state index contributed by atoms with van der Waals surface area (Å²) in [7, 11) is 1.66. The number of hydrogen-bond acceptors (Lipinski definition) is 5.